The first-order valence-corrected chi connectivity index (χ1v) is 7.46. The van der Waals surface area contributed by atoms with Crippen molar-refractivity contribution in [2.45, 2.75) is 78.1 Å². The lowest BCUT2D eigenvalue weighted by atomic mass is 10.1. The van der Waals surface area contributed by atoms with E-state index in [1.807, 2.05) is 0 Å². The zero-order valence-electron chi connectivity index (χ0n) is 12.0. The number of ketones is 2. The van der Waals surface area contributed by atoms with E-state index >= 15 is 0 Å². The molecule has 0 aromatic heterocycles. The van der Waals surface area contributed by atoms with Crippen molar-refractivity contribution in [2.75, 3.05) is 0 Å². The Kier molecular flexibility index (Phi) is 11.9. The zero-order valence-corrected chi connectivity index (χ0v) is 12.0. The molecule has 0 heterocycles. The van der Waals surface area contributed by atoms with E-state index in [9.17, 15) is 9.59 Å². The Morgan fingerprint density at radius 3 is 2.06 bits per heavy atom. The molecule has 0 unspecified atom stereocenters. The van der Waals surface area contributed by atoms with E-state index in [-0.39, 0.29) is 11.6 Å². The lowest BCUT2D eigenvalue weighted by Gasteiger charge is -2.00. The number of Topliss-reactive ketones (excluding diaryl/α,β-unsaturated/α-hetero) is 1. The molecule has 0 aliphatic heterocycles. The van der Waals surface area contributed by atoms with Crippen molar-refractivity contribution >= 4 is 11.6 Å². The maximum atomic E-state index is 11.5. The van der Waals surface area contributed by atoms with E-state index in [2.05, 4.69) is 13.8 Å². The first-order valence-electron chi connectivity index (χ1n) is 7.46. The van der Waals surface area contributed by atoms with Gasteiger partial charge in [0, 0.05) is 6.42 Å². The summed E-state index contributed by atoms with van der Waals surface area (Å²) >= 11 is 0. The molecule has 0 fully saturated rings. The molecule has 0 saturated carbocycles. The van der Waals surface area contributed by atoms with E-state index in [1.54, 1.807) is 6.08 Å². The Morgan fingerprint density at radius 2 is 1.44 bits per heavy atom. The maximum absolute atomic E-state index is 11.5. The van der Waals surface area contributed by atoms with Gasteiger partial charge >= 0.3 is 0 Å². The molecule has 0 atom stereocenters. The standard InChI is InChI=1S/C16H28O2/c1-3-5-7-8-9-10-12-14-16(18)15(17)13-11-6-4-2/h11,13H,3-10,12,14H2,1-2H3. The van der Waals surface area contributed by atoms with Gasteiger partial charge in [0.05, 0.1) is 0 Å². The van der Waals surface area contributed by atoms with Gasteiger partial charge in [-0.15, -0.1) is 0 Å². The number of unbranched alkanes of at least 4 members (excludes halogenated alkanes) is 7. The van der Waals surface area contributed by atoms with Crippen LogP contribution in [-0.4, -0.2) is 11.6 Å². The minimum Gasteiger partial charge on any atom is -0.291 e. The molecule has 0 N–H and O–H groups in total. The lowest BCUT2D eigenvalue weighted by Crippen LogP contribution is -2.10. The summed E-state index contributed by atoms with van der Waals surface area (Å²) in [6, 6.07) is 0. The second-order valence-electron chi connectivity index (χ2n) is 4.85. The van der Waals surface area contributed by atoms with Crippen LogP contribution >= 0.6 is 0 Å². The SMILES string of the molecule is CCCC=CC(=O)C(=O)CCCCCCCCC. The molecule has 0 aliphatic carbocycles. The van der Waals surface area contributed by atoms with Crippen LogP contribution in [0.15, 0.2) is 12.2 Å². The second kappa shape index (κ2) is 12.5. The van der Waals surface area contributed by atoms with Gasteiger partial charge in [0.1, 0.15) is 0 Å². The van der Waals surface area contributed by atoms with Gasteiger partial charge in [0.15, 0.2) is 0 Å². The number of carbonyl (C=O) groups is 2. The average Bonchev–Trinajstić information content (AvgIpc) is 2.37. The van der Waals surface area contributed by atoms with Crippen LogP contribution in [0.3, 0.4) is 0 Å². The Bertz CT molecular complexity index is 254. The van der Waals surface area contributed by atoms with Gasteiger partial charge in [-0.05, 0) is 18.9 Å². The summed E-state index contributed by atoms with van der Waals surface area (Å²) in [6.45, 7) is 4.26. The van der Waals surface area contributed by atoms with Crippen LogP contribution in [0, 0.1) is 0 Å². The minimum atomic E-state index is -0.325. The molecule has 0 saturated heterocycles. The largest absolute Gasteiger partial charge is 0.291 e. The maximum Gasteiger partial charge on any atom is 0.221 e. The van der Waals surface area contributed by atoms with E-state index in [0.717, 1.165) is 25.7 Å². The fraction of sp³-hybridized carbons (Fsp3) is 0.750. The van der Waals surface area contributed by atoms with Crippen molar-refractivity contribution < 1.29 is 9.59 Å². The summed E-state index contributed by atoms with van der Waals surface area (Å²) in [4.78, 5) is 22.9. The molecule has 0 aliphatic rings. The van der Waals surface area contributed by atoms with Crippen LogP contribution in [-0.2, 0) is 9.59 Å². The van der Waals surface area contributed by atoms with Crippen LogP contribution < -0.4 is 0 Å². The molecule has 0 aromatic rings. The molecule has 18 heavy (non-hydrogen) atoms. The van der Waals surface area contributed by atoms with Gasteiger partial charge in [-0.3, -0.25) is 9.59 Å². The van der Waals surface area contributed by atoms with Gasteiger partial charge in [-0.2, -0.15) is 0 Å². The van der Waals surface area contributed by atoms with Crippen molar-refractivity contribution in [1.82, 2.24) is 0 Å². The third kappa shape index (κ3) is 10.2. The molecular weight excluding hydrogens is 224 g/mol. The van der Waals surface area contributed by atoms with Gasteiger partial charge in [-0.25, -0.2) is 0 Å². The summed E-state index contributed by atoms with van der Waals surface area (Å²) in [7, 11) is 0. The Labute approximate surface area is 112 Å². The highest BCUT2D eigenvalue weighted by Crippen LogP contribution is 2.08. The number of carbonyl (C=O) groups excluding carboxylic acids is 2. The predicted molar refractivity (Wildman–Crippen MR) is 76.7 cm³/mol. The molecule has 0 aromatic carbocycles. The molecule has 0 spiro atoms. The number of hydrogen-bond donors (Lipinski definition) is 0. The first-order chi connectivity index (χ1) is 8.72. The van der Waals surface area contributed by atoms with E-state index in [1.165, 1.54) is 38.2 Å². The van der Waals surface area contributed by atoms with Gasteiger partial charge in [0.25, 0.3) is 0 Å². The van der Waals surface area contributed by atoms with Crippen LogP contribution in [0.5, 0.6) is 0 Å². The highest BCUT2D eigenvalue weighted by atomic mass is 16.2. The Hall–Kier alpha value is -0.920. The zero-order chi connectivity index (χ0) is 13.6. The summed E-state index contributed by atoms with van der Waals surface area (Å²) in [5.41, 5.74) is 0. The van der Waals surface area contributed by atoms with Crippen molar-refractivity contribution in [3.8, 4) is 0 Å². The Morgan fingerprint density at radius 1 is 0.833 bits per heavy atom. The molecule has 2 nitrogen and oxygen atoms in total. The first kappa shape index (κ1) is 17.1. The summed E-state index contributed by atoms with van der Waals surface area (Å²) < 4.78 is 0. The number of hydrogen-bond acceptors (Lipinski definition) is 2. The highest BCUT2D eigenvalue weighted by molar-refractivity contribution is 6.41. The fourth-order valence-electron chi connectivity index (χ4n) is 1.82. The molecular formula is C16H28O2. The predicted octanol–water partition coefficient (Wildman–Crippen LogP) is 4.62. The monoisotopic (exact) mass is 252 g/mol. The molecule has 0 amide bonds. The lowest BCUT2D eigenvalue weighted by molar-refractivity contribution is -0.133. The van der Waals surface area contributed by atoms with E-state index in [4.69, 9.17) is 0 Å². The Balaban J connectivity index is 3.49. The smallest absolute Gasteiger partial charge is 0.221 e. The quantitative estimate of drug-likeness (QED) is 0.288. The summed E-state index contributed by atoms with van der Waals surface area (Å²) in [6.07, 6.45) is 13.8. The minimum absolute atomic E-state index is 0.226. The van der Waals surface area contributed by atoms with Crippen LogP contribution in [0.25, 0.3) is 0 Å². The molecule has 2 heteroatoms. The van der Waals surface area contributed by atoms with Crippen molar-refractivity contribution in [2.24, 2.45) is 0 Å². The van der Waals surface area contributed by atoms with E-state index in [0.29, 0.717) is 6.42 Å². The summed E-state index contributed by atoms with van der Waals surface area (Å²) in [5.74, 6) is -0.551. The van der Waals surface area contributed by atoms with Gasteiger partial charge < -0.3 is 0 Å². The third-order valence-corrected chi connectivity index (χ3v) is 3.01. The summed E-state index contributed by atoms with van der Waals surface area (Å²) in [5, 5.41) is 0. The molecule has 0 radical (unpaired) electrons. The topological polar surface area (TPSA) is 34.1 Å². The van der Waals surface area contributed by atoms with Crippen molar-refractivity contribution in [3.05, 3.63) is 12.2 Å². The average molecular weight is 252 g/mol. The van der Waals surface area contributed by atoms with Crippen molar-refractivity contribution in [1.29, 1.82) is 0 Å². The molecule has 104 valence electrons. The van der Waals surface area contributed by atoms with E-state index < -0.39 is 0 Å². The normalized spacial score (nSPS) is 11.0. The molecule has 0 bridgehead atoms. The van der Waals surface area contributed by atoms with Crippen LogP contribution in [0.2, 0.25) is 0 Å². The van der Waals surface area contributed by atoms with Crippen LogP contribution in [0.4, 0.5) is 0 Å². The second-order valence-corrected chi connectivity index (χ2v) is 4.85. The van der Waals surface area contributed by atoms with Gasteiger partial charge in [-0.1, -0.05) is 64.9 Å². The van der Waals surface area contributed by atoms with Crippen LogP contribution in [0.1, 0.15) is 78.1 Å². The highest BCUT2D eigenvalue weighted by Gasteiger charge is 2.08. The molecule has 0 rings (SSSR count). The van der Waals surface area contributed by atoms with Crippen molar-refractivity contribution in [3.63, 3.8) is 0 Å². The van der Waals surface area contributed by atoms with Gasteiger partial charge in [0.2, 0.25) is 11.6 Å². The number of allylic oxidation sites excluding steroid dienone is 2. The number of rotatable bonds is 12. The third-order valence-electron chi connectivity index (χ3n) is 3.01. The fourth-order valence-corrected chi connectivity index (χ4v) is 1.82.